The third-order valence-corrected chi connectivity index (χ3v) is 4.06. The predicted molar refractivity (Wildman–Crippen MR) is 50.4 cm³/mol. The summed E-state index contributed by atoms with van der Waals surface area (Å²) in [4.78, 5) is 0. The molecule has 1 aromatic heterocycles. The van der Waals surface area contributed by atoms with Gasteiger partial charge in [-0.2, -0.15) is 0 Å². The standard InChI is InChI=1S/C8H12N2O3S/c11-14(12)4-2-8(6-14)9-5-7-1-3-13-10-7/h1,3,8-9H,2,4-6H2. The Balaban J connectivity index is 1.83. The molecule has 0 radical (unpaired) electrons. The van der Waals surface area contributed by atoms with Crippen molar-refractivity contribution in [2.75, 3.05) is 11.5 Å². The molecule has 2 rings (SSSR count). The Morgan fingerprint density at radius 1 is 1.64 bits per heavy atom. The van der Waals surface area contributed by atoms with E-state index < -0.39 is 9.84 Å². The van der Waals surface area contributed by atoms with Gasteiger partial charge in [0, 0.05) is 18.7 Å². The van der Waals surface area contributed by atoms with Crippen LogP contribution in [0.1, 0.15) is 12.1 Å². The van der Waals surface area contributed by atoms with E-state index in [9.17, 15) is 8.42 Å². The van der Waals surface area contributed by atoms with Crippen LogP contribution in [0.5, 0.6) is 0 Å². The monoisotopic (exact) mass is 216 g/mol. The van der Waals surface area contributed by atoms with Crippen LogP contribution < -0.4 is 5.32 Å². The minimum atomic E-state index is -2.79. The molecular weight excluding hydrogens is 204 g/mol. The van der Waals surface area contributed by atoms with Gasteiger partial charge in [0.15, 0.2) is 9.84 Å². The number of hydrogen-bond acceptors (Lipinski definition) is 5. The zero-order valence-corrected chi connectivity index (χ0v) is 8.46. The normalized spacial score (nSPS) is 25.3. The minimum Gasteiger partial charge on any atom is -0.364 e. The maximum atomic E-state index is 11.1. The van der Waals surface area contributed by atoms with Crippen LogP contribution in [0.25, 0.3) is 0 Å². The Hall–Kier alpha value is -0.880. The first-order valence-corrected chi connectivity index (χ1v) is 6.31. The van der Waals surface area contributed by atoms with Crippen LogP contribution in [0.4, 0.5) is 0 Å². The summed E-state index contributed by atoms with van der Waals surface area (Å²) in [6, 6.07) is 1.83. The molecule has 1 N–H and O–H groups in total. The molecule has 1 atom stereocenters. The van der Waals surface area contributed by atoms with E-state index in [-0.39, 0.29) is 11.8 Å². The fourth-order valence-electron chi connectivity index (χ4n) is 1.53. The molecule has 0 aliphatic carbocycles. The number of sulfone groups is 1. The van der Waals surface area contributed by atoms with Crippen molar-refractivity contribution in [3.63, 3.8) is 0 Å². The van der Waals surface area contributed by atoms with Crippen LogP contribution in [-0.4, -0.2) is 31.1 Å². The highest BCUT2D eigenvalue weighted by atomic mass is 32.2. The highest BCUT2D eigenvalue weighted by Crippen LogP contribution is 2.11. The average Bonchev–Trinajstić information content (AvgIpc) is 2.70. The van der Waals surface area contributed by atoms with Gasteiger partial charge in [-0.1, -0.05) is 5.16 Å². The Labute approximate surface area is 82.4 Å². The second kappa shape index (κ2) is 3.70. The van der Waals surface area contributed by atoms with E-state index in [0.29, 0.717) is 18.7 Å². The molecule has 0 saturated carbocycles. The van der Waals surface area contributed by atoms with Crippen molar-refractivity contribution in [2.45, 2.75) is 19.0 Å². The molecule has 0 bridgehead atoms. The van der Waals surface area contributed by atoms with Crippen LogP contribution in [0.15, 0.2) is 16.9 Å². The van der Waals surface area contributed by atoms with E-state index in [2.05, 4.69) is 15.0 Å². The molecule has 1 aromatic rings. The second-order valence-corrected chi connectivity index (χ2v) is 5.70. The zero-order chi connectivity index (χ0) is 10.0. The molecule has 0 amide bonds. The van der Waals surface area contributed by atoms with Crippen LogP contribution in [0.3, 0.4) is 0 Å². The third-order valence-electron chi connectivity index (χ3n) is 2.30. The van der Waals surface area contributed by atoms with E-state index in [1.54, 1.807) is 6.07 Å². The first-order valence-electron chi connectivity index (χ1n) is 4.49. The lowest BCUT2D eigenvalue weighted by Crippen LogP contribution is -2.29. The highest BCUT2D eigenvalue weighted by molar-refractivity contribution is 7.91. The molecule has 78 valence electrons. The molecule has 1 saturated heterocycles. The summed E-state index contributed by atoms with van der Waals surface area (Å²) in [6.45, 7) is 0.566. The van der Waals surface area contributed by atoms with Crippen molar-refractivity contribution in [3.05, 3.63) is 18.0 Å². The lowest BCUT2D eigenvalue weighted by atomic mass is 10.2. The number of aromatic nitrogens is 1. The second-order valence-electron chi connectivity index (χ2n) is 3.47. The summed E-state index contributed by atoms with van der Waals surface area (Å²) in [5.74, 6) is 0.536. The minimum absolute atomic E-state index is 0.0664. The maximum absolute atomic E-state index is 11.1. The molecule has 1 aliphatic rings. The van der Waals surface area contributed by atoms with Crippen molar-refractivity contribution in [3.8, 4) is 0 Å². The van der Waals surface area contributed by atoms with E-state index in [4.69, 9.17) is 0 Å². The molecule has 1 fully saturated rings. The van der Waals surface area contributed by atoms with Gasteiger partial charge in [-0.05, 0) is 6.42 Å². The first kappa shape index (κ1) is 9.67. The van der Waals surface area contributed by atoms with Crippen molar-refractivity contribution in [2.24, 2.45) is 0 Å². The Bertz CT molecular complexity index is 385. The van der Waals surface area contributed by atoms with Crippen molar-refractivity contribution < 1.29 is 12.9 Å². The van der Waals surface area contributed by atoms with Crippen molar-refractivity contribution in [1.82, 2.24) is 10.5 Å². The molecule has 2 heterocycles. The highest BCUT2D eigenvalue weighted by Gasteiger charge is 2.27. The van der Waals surface area contributed by atoms with Crippen LogP contribution in [0, 0.1) is 0 Å². The SMILES string of the molecule is O=S1(=O)CCC(NCc2ccon2)C1. The zero-order valence-electron chi connectivity index (χ0n) is 7.64. The van der Waals surface area contributed by atoms with E-state index in [0.717, 1.165) is 5.69 Å². The summed E-state index contributed by atoms with van der Waals surface area (Å²) in [5.41, 5.74) is 0.800. The molecule has 0 aromatic carbocycles. The number of rotatable bonds is 3. The van der Waals surface area contributed by atoms with Gasteiger partial charge in [0.1, 0.15) is 6.26 Å². The fourth-order valence-corrected chi connectivity index (χ4v) is 3.24. The summed E-state index contributed by atoms with van der Waals surface area (Å²) in [7, 11) is -2.79. The van der Waals surface area contributed by atoms with Gasteiger partial charge < -0.3 is 9.84 Å². The Morgan fingerprint density at radius 2 is 2.50 bits per heavy atom. The van der Waals surface area contributed by atoms with Crippen LogP contribution in [-0.2, 0) is 16.4 Å². The lowest BCUT2D eigenvalue weighted by Gasteiger charge is -2.07. The molecule has 5 nitrogen and oxygen atoms in total. The quantitative estimate of drug-likeness (QED) is 0.767. The number of nitrogens with zero attached hydrogens (tertiary/aromatic N) is 1. The van der Waals surface area contributed by atoms with Crippen LogP contribution >= 0.6 is 0 Å². The predicted octanol–water partition coefficient (Wildman–Crippen LogP) is -0.0487. The Morgan fingerprint density at radius 3 is 3.07 bits per heavy atom. The number of hydrogen-bond donors (Lipinski definition) is 1. The van der Waals surface area contributed by atoms with Gasteiger partial charge in [-0.15, -0.1) is 0 Å². The van der Waals surface area contributed by atoms with Gasteiger partial charge >= 0.3 is 0 Å². The van der Waals surface area contributed by atoms with Crippen molar-refractivity contribution in [1.29, 1.82) is 0 Å². The topological polar surface area (TPSA) is 72.2 Å². The van der Waals surface area contributed by atoms with Gasteiger partial charge in [-0.25, -0.2) is 8.42 Å². The van der Waals surface area contributed by atoms with E-state index in [1.165, 1.54) is 6.26 Å². The molecule has 6 heteroatoms. The largest absolute Gasteiger partial charge is 0.364 e. The first-order chi connectivity index (χ1) is 6.66. The summed E-state index contributed by atoms with van der Waals surface area (Å²) >= 11 is 0. The molecule has 0 spiro atoms. The maximum Gasteiger partial charge on any atom is 0.151 e. The number of nitrogens with one attached hydrogen (secondary N) is 1. The van der Waals surface area contributed by atoms with E-state index >= 15 is 0 Å². The molecule has 14 heavy (non-hydrogen) atoms. The van der Waals surface area contributed by atoms with Gasteiger partial charge in [0.25, 0.3) is 0 Å². The lowest BCUT2D eigenvalue weighted by molar-refractivity contribution is 0.405. The fraction of sp³-hybridized carbons (Fsp3) is 0.625. The summed E-state index contributed by atoms with van der Waals surface area (Å²) < 4.78 is 26.9. The van der Waals surface area contributed by atoms with Gasteiger partial charge in [0.05, 0.1) is 17.2 Å². The van der Waals surface area contributed by atoms with Crippen LogP contribution in [0.2, 0.25) is 0 Å². The van der Waals surface area contributed by atoms with E-state index in [1.807, 2.05) is 0 Å². The van der Waals surface area contributed by atoms with Gasteiger partial charge in [0.2, 0.25) is 0 Å². The Kier molecular flexibility index (Phi) is 2.56. The summed E-state index contributed by atoms with van der Waals surface area (Å²) in [6.07, 6.45) is 2.20. The third kappa shape index (κ3) is 2.33. The summed E-state index contributed by atoms with van der Waals surface area (Å²) in [5, 5.41) is 6.86. The average molecular weight is 216 g/mol. The van der Waals surface area contributed by atoms with Gasteiger partial charge in [-0.3, -0.25) is 0 Å². The molecule has 1 aliphatic heterocycles. The van der Waals surface area contributed by atoms with Crippen molar-refractivity contribution >= 4 is 9.84 Å². The smallest absolute Gasteiger partial charge is 0.151 e. The molecule has 1 unspecified atom stereocenters. The molecular formula is C8H12N2O3S.